The molecule has 2 aromatic carbocycles. The monoisotopic (exact) mass is 355 g/mol. The fourth-order valence-electron chi connectivity index (χ4n) is 3.12. The fourth-order valence-corrected chi connectivity index (χ4v) is 3.12. The SMILES string of the molecule is COc1cc(C(=O)N2CC(C(=O)O)c3ccccc32)ccc1OC(C)C. The summed E-state index contributed by atoms with van der Waals surface area (Å²) in [6, 6.07) is 12.1. The average Bonchev–Trinajstić information content (AvgIpc) is 3.01. The Morgan fingerprint density at radius 3 is 2.54 bits per heavy atom. The van der Waals surface area contributed by atoms with Crippen LogP contribution in [0.1, 0.15) is 35.7 Å². The van der Waals surface area contributed by atoms with Crippen LogP contribution in [0.4, 0.5) is 5.69 Å². The van der Waals surface area contributed by atoms with Crippen molar-refractivity contribution in [1.82, 2.24) is 0 Å². The van der Waals surface area contributed by atoms with Gasteiger partial charge in [0.2, 0.25) is 0 Å². The van der Waals surface area contributed by atoms with Crippen LogP contribution in [0, 0.1) is 0 Å². The van der Waals surface area contributed by atoms with Gasteiger partial charge in [0, 0.05) is 17.8 Å². The summed E-state index contributed by atoms with van der Waals surface area (Å²) in [4.78, 5) is 26.1. The molecular weight excluding hydrogens is 334 g/mol. The first kappa shape index (κ1) is 17.8. The van der Waals surface area contributed by atoms with Gasteiger partial charge in [0.05, 0.1) is 13.2 Å². The van der Waals surface area contributed by atoms with Crippen LogP contribution in [0.3, 0.4) is 0 Å². The Morgan fingerprint density at radius 2 is 1.88 bits per heavy atom. The van der Waals surface area contributed by atoms with Crippen LogP contribution in [-0.4, -0.2) is 36.7 Å². The van der Waals surface area contributed by atoms with Crippen molar-refractivity contribution in [3.8, 4) is 11.5 Å². The minimum atomic E-state index is -0.939. The lowest BCUT2D eigenvalue weighted by molar-refractivity contribution is -0.138. The van der Waals surface area contributed by atoms with Gasteiger partial charge in [0.1, 0.15) is 5.92 Å². The molecule has 26 heavy (non-hydrogen) atoms. The zero-order valence-electron chi connectivity index (χ0n) is 14.9. The molecule has 1 atom stereocenters. The predicted molar refractivity (Wildman–Crippen MR) is 97.3 cm³/mol. The van der Waals surface area contributed by atoms with Gasteiger partial charge in [-0.2, -0.15) is 0 Å². The van der Waals surface area contributed by atoms with Crippen molar-refractivity contribution >= 4 is 17.6 Å². The number of nitrogens with zero attached hydrogens (tertiary/aromatic N) is 1. The van der Waals surface area contributed by atoms with Gasteiger partial charge >= 0.3 is 5.97 Å². The van der Waals surface area contributed by atoms with Crippen molar-refractivity contribution in [1.29, 1.82) is 0 Å². The number of hydrogen-bond acceptors (Lipinski definition) is 4. The standard InChI is InChI=1S/C20H21NO5/c1-12(2)26-17-9-8-13(10-18(17)25-3)19(22)21-11-15(20(23)24)14-6-4-5-7-16(14)21/h4-10,12,15H,11H2,1-3H3,(H,23,24). The van der Waals surface area contributed by atoms with E-state index in [9.17, 15) is 14.7 Å². The first-order valence-electron chi connectivity index (χ1n) is 8.40. The maximum absolute atomic E-state index is 13.0. The van der Waals surface area contributed by atoms with Crippen LogP contribution in [0.2, 0.25) is 0 Å². The number of amides is 1. The maximum Gasteiger partial charge on any atom is 0.312 e. The van der Waals surface area contributed by atoms with E-state index in [1.54, 1.807) is 42.5 Å². The Balaban J connectivity index is 1.94. The summed E-state index contributed by atoms with van der Waals surface area (Å²) in [5.74, 6) is -0.904. The topological polar surface area (TPSA) is 76.1 Å². The lowest BCUT2D eigenvalue weighted by Gasteiger charge is -2.19. The van der Waals surface area contributed by atoms with E-state index >= 15 is 0 Å². The Kier molecular flexibility index (Phi) is 4.84. The van der Waals surface area contributed by atoms with Crippen molar-refractivity contribution < 1.29 is 24.2 Å². The molecule has 0 spiro atoms. The molecule has 136 valence electrons. The molecule has 0 saturated carbocycles. The molecule has 0 aromatic heterocycles. The minimum Gasteiger partial charge on any atom is -0.493 e. The highest BCUT2D eigenvalue weighted by molar-refractivity contribution is 6.09. The smallest absolute Gasteiger partial charge is 0.312 e. The highest BCUT2D eigenvalue weighted by Gasteiger charge is 2.36. The number of ether oxygens (including phenoxy) is 2. The van der Waals surface area contributed by atoms with Gasteiger partial charge in [-0.25, -0.2) is 0 Å². The summed E-state index contributed by atoms with van der Waals surface area (Å²) >= 11 is 0. The molecule has 0 aliphatic carbocycles. The third kappa shape index (κ3) is 3.22. The number of aliphatic carboxylic acids is 1. The van der Waals surface area contributed by atoms with Gasteiger partial charge in [-0.05, 0) is 43.7 Å². The molecule has 1 N–H and O–H groups in total. The minimum absolute atomic E-state index is 0.0211. The number of carboxylic acid groups (broad SMARTS) is 1. The fraction of sp³-hybridized carbons (Fsp3) is 0.300. The number of hydrogen-bond donors (Lipinski definition) is 1. The molecule has 1 heterocycles. The zero-order chi connectivity index (χ0) is 18.8. The summed E-state index contributed by atoms with van der Waals surface area (Å²) in [7, 11) is 1.52. The summed E-state index contributed by atoms with van der Waals surface area (Å²) in [5.41, 5.74) is 1.70. The molecule has 1 aliphatic rings. The third-order valence-electron chi connectivity index (χ3n) is 4.28. The van der Waals surface area contributed by atoms with Crippen molar-refractivity contribution in [2.75, 3.05) is 18.6 Å². The van der Waals surface area contributed by atoms with Gasteiger partial charge in [-0.15, -0.1) is 0 Å². The van der Waals surface area contributed by atoms with Gasteiger partial charge in [0.25, 0.3) is 5.91 Å². The van der Waals surface area contributed by atoms with Gasteiger partial charge in [0.15, 0.2) is 11.5 Å². The Labute approximate surface area is 152 Å². The first-order valence-corrected chi connectivity index (χ1v) is 8.40. The molecule has 6 heteroatoms. The van der Waals surface area contributed by atoms with E-state index in [1.807, 2.05) is 13.8 Å². The van der Waals surface area contributed by atoms with Crippen LogP contribution < -0.4 is 14.4 Å². The Hall–Kier alpha value is -3.02. The van der Waals surface area contributed by atoms with Crippen molar-refractivity contribution in [3.63, 3.8) is 0 Å². The maximum atomic E-state index is 13.0. The highest BCUT2D eigenvalue weighted by atomic mass is 16.5. The van der Waals surface area contributed by atoms with Crippen LogP contribution in [0.15, 0.2) is 42.5 Å². The van der Waals surface area contributed by atoms with Crippen molar-refractivity contribution in [2.45, 2.75) is 25.9 Å². The molecule has 3 rings (SSSR count). The second-order valence-electron chi connectivity index (χ2n) is 6.40. The lowest BCUT2D eigenvalue weighted by atomic mass is 10.0. The van der Waals surface area contributed by atoms with E-state index in [0.717, 1.165) is 0 Å². The number of anilines is 1. The molecule has 1 aliphatic heterocycles. The molecule has 1 amide bonds. The zero-order valence-corrected chi connectivity index (χ0v) is 14.9. The number of carbonyl (C=O) groups excluding carboxylic acids is 1. The van der Waals surface area contributed by atoms with E-state index in [1.165, 1.54) is 12.0 Å². The molecule has 0 saturated heterocycles. The summed E-state index contributed by atoms with van der Waals surface area (Å²) in [6.45, 7) is 3.93. The Morgan fingerprint density at radius 1 is 1.15 bits per heavy atom. The van der Waals surface area contributed by atoms with Crippen LogP contribution >= 0.6 is 0 Å². The summed E-state index contributed by atoms with van der Waals surface area (Å²) in [5, 5.41) is 9.46. The average molecular weight is 355 g/mol. The predicted octanol–water partition coefficient (Wildman–Crippen LogP) is 3.31. The first-order chi connectivity index (χ1) is 12.4. The van der Waals surface area contributed by atoms with E-state index < -0.39 is 11.9 Å². The van der Waals surface area contributed by atoms with Gasteiger partial charge in [-0.1, -0.05) is 18.2 Å². The number of methoxy groups -OCH3 is 1. The van der Waals surface area contributed by atoms with Crippen molar-refractivity contribution in [3.05, 3.63) is 53.6 Å². The molecular formula is C20H21NO5. The molecule has 6 nitrogen and oxygen atoms in total. The molecule has 2 aromatic rings. The normalized spacial score (nSPS) is 15.7. The molecule has 1 unspecified atom stereocenters. The summed E-state index contributed by atoms with van der Waals surface area (Å²) in [6.07, 6.45) is -0.0211. The lowest BCUT2D eigenvalue weighted by Crippen LogP contribution is -2.31. The second kappa shape index (κ2) is 7.07. The molecule has 0 radical (unpaired) electrons. The third-order valence-corrected chi connectivity index (χ3v) is 4.28. The van der Waals surface area contributed by atoms with E-state index in [2.05, 4.69) is 0 Å². The van der Waals surface area contributed by atoms with Gasteiger partial charge < -0.3 is 19.5 Å². The van der Waals surface area contributed by atoms with Gasteiger partial charge in [-0.3, -0.25) is 9.59 Å². The molecule has 0 fully saturated rings. The van der Waals surface area contributed by atoms with Crippen LogP contribution in [0.5, 0.6) is 11.5 Å². The van der Waals surface area contributed by atoms with E-state index in [-0.39, 0.29) is 18.6 Å². The van der Waals surface area contributed by atoms with Crippen LogP contribution in [-0.2, 0) is 4.79 Å². The van der Waals surface area contributed by atoms with Crippen LogP contribution in [0.25, 0.3) is 0 Å². The number of fused-ring (bicyclic) bond motifs is 1. The molecule has 0 bridgehead atoms. The highest BCUT2D eigenvalue weighted by Crippen LogP contribution is 2.38. The second-order valence-corrected chi connectivity index (χ2v) is 6.40. The number of para-hydroxylation sites is 1. The summed E-state index contributed by atoms with van der Waals surface area (Å²) < 4.78 is 11.0. The number of benzene rings is 2. The van der Waals surface area contributed by atoms with Crippen molar-refractivity contribution in [2.24, 2.45) is 0 Å². The largest absolute Gasteiger partial charge is 0.493 e. The number of carboxylic acids is 1. The van der Waals surface area contributed by atoms with E-state index in [0.29, 0.717) is 28.3 Å². The quantitative estimate of drug-likeness (QED) is 0.890. The Bertz CT molecular complexity index is 846. The van der Waals surface area contributed by atoms with E-state index in [4.69, 9.17) is 9.47 Å². The number of rotatable bonds is 5. The number of carbonyl (C=O) groups is 2.